The summed E-state index contributed by atoms with van der Waals surface area (Å²) in [6.45, 7) is 7.35. The highest BCUT2D eigenvalue weighted by Crippen LogP contribution is 1.96. The fraction of sp³-hybridized carbons (Fsp3) is 1.00. The molecule has 0 rings (SSSR count). The van der Waals surface area contributed by atoms with Crippen LogP contribution in [0.4, 0.5) is 0 Å². The van der Waals surface area contributed by atoms with E-state index in [1.165, 1.54) is 0 Å². The first-order valence-corrected chi connectivity index (χ1v) is 6.41. The molecule has 0 aromatic rings. The minimum atomic E-state index is -0.690. The molecule has 0 bridgehead atoms. The molecule has 2 atom stereocenters. The highest BCUT2D eigenvalue weighted by molar-refractivity contribution is 7.84. The van der Waals surface area contributed by atoms with Crippen molar-refractivity contribution in [1.82, 2.24) is 5.32 Å². The van der Waals surface area contributed by atoms with Crippen LogP contribution >= 0.6 is 0 Å². The number of rotatable bonds is 8. The summed E-state index contributed by atoms with van der Waals surface area (Å²) in [7, 11) is -0.690. The fourth-order valence-electron chi connectivity index (χ4n) is 0.885. The molecule has 0 aromatic carbocycles. The first-order valence-electron chi connectivity index (χ1n) is 4.79. The molecule has 3 nitrogen and oxygen atoms in total. The van der Waals surface area contributed by atoms with Gasteiger partial charge in [-0.1, -0.05) is 6.92 Å². The third-order valence-corrected chi connectivity index (χ3v) is 3.29. The van der Waals surface area contributed by atoms with Crippen molar-refractivity contribution >= 4 is 10.8 Å². The van der Waals surface area contributed by atoms with E-state index < -0.39 is 10.8 Å². The van der Waals surface area contributed by atoms with Gasteiger partial charge in [0.25, 0.3) is 0 Å². The molecule has 0 aliphatic heterocycles. The van der Waals surface area contributed by atoms with Gasteiger partial charge in [-0.25, -0.2) is 0 Å². The third-order valence-electron chi connectivity index (χ3n) is 1.92. The number of ether oxygens (including phenoxy) is 1. The molecule has 0 saturated heterocycles. The van der Waals surface area contributed by atoms with Gasteiger partial charge < -0.3 is 10.1 Å². The molecule has 13 heavy (non-hydrogen) atoms. The topological polar surface area (TPSA) is 38.3 Å². The van der Waals surface area contributed by atoms with Crippen molar-refractivity contribution in [3.63, 3.8) is 0 Å². The minimum absolute atomic E-state index is 0.291. The van der Waals surface area contributed by atoms with E-state index in [4.69, 9.17) is 4.74 Å². The third kappa shape index (κ3) is 8.40. The molecule has 0 aliphatic rings. The smallest absolute Gasteiger partial charge is 0.0590 e. The Morgan fingerprint density at radius 3 is 2.69 bits per heavy atom. The summed E-state index contributed by atoms with van der Waals surface area (Å²) < 4.78 is 16.1. The predicted molar refractivity (Wildman–Crippen MR) is 57.5 cm³/mol. The summed E-state index contributed by atoms with van der Waals surface area (Å²) in [5, 5.41) is 3.54. The van der Waals surface area contributed by atoms with Crippen LogP contribution in [0.25, 0.3) is 0 Å². The normalized spacial score (nSPS) is 15.6. The largest absolute Gasteiger partial charge is 0.380 e. The van der Waals surface area contributed by atoms with Crippen LogP contribution in [0.5, 0.6) is 0 Å². The molecule has 80 valence electrons. The molecule has 0 heterocycles. The van der Waals surface area contributed by atoms with E-state index in [1.807, 2.05) is 13.8 Å². The molecule has 0 aromatic heterocycles. The van der Waals surface area contributed by atoms with E-state index >= 15 is 0 Å². The maximum Gasteiger partial charge on any atom is 0.0590 e. The molecule has 4 heteroatoms. The van der Waals surface area contributed by atoms with Crippen LogP contribution in [-0.4, -0.2) is 42.0 Å². The van der Waals surface area contributed by atoms with Crippen molar-refractivity contribution in [1.29, 1.82) is 0 Å². The number of hydrogen-bond donors (Lipinski definition) is 1. The lowest BCUT2D eigenvalue weighted by Gasteiger charge is -2.08. The van der Waals surface area contributed by atoms with Crippen LogP contribution in [0.2, 0.25) is 0 Å². The molecule has 0 fully saturated rings. The summed E-state index contributed by atoms with van der Waals surface area (Å²) in [4.78, 5) is 0. The van der Waals surface area contributed by atoms with Gasteiger partial charge in [-0.2, -0.15) is 0 Å². The average molecular weight is 207 g/mol. The average Bonchev–Trinajstić information content (AvgIpc) is 2.10. The summed E-state index contributed by atoms with van der Waals surface area (Å²) in [6.07, 6.45) is 2.72. The van der Waals surface area contributed by atoms with Gasteiger partial charge in [0.2, 0.25) is 0 Å². The zero-order valence-corrected chi connectivity index (χ0v) is 9.65. The standard InChI is InChI=1S/C9H21NO2S/c1-4-12-8-7-10-6-5-9(2)13(3)11/h9-10H,4-8H2,1-3H3. The van der Waals surface area contributed by atoms with Crippen molar-refractivity contribution in [2.75, 3.05) is 32.6 Å². The highest BCUT2D eigenvalue weighted by atomic mass is 32.2. The molecule has 0 saturated carbocycles. The number of hydrogen-bond acceptors (Lipinski definition) is 3. The van der Waals surface area contributed by atoms with E-state index in [-0.39, 0.29) is 0 Å². The Hall–Kier alpha value is 0.0700. The first kappa shape index (κ1) is 13.1. The highest BCUT2D eigenvalue weighted by Gasteiger charge is 2.04. The molecular weight excluding hydrogens is 186 g/mol. The predicted octanol–water partition coefficient (Wildman–Crippen LogP) is 0.770. The van der Waals surface area contributed by atoms with Gasteiger partial charge in [-0.3, -0.25) is 4.21 Å². The summed E-state index contributed by atoms with van der Waals surface area (Å²) >= 11 is 0. The minimum Gasteiger partial charge on any atom is -0.380 e. The molecule has 0 amide bonds. The van der Waals surface area contributed by atoms with Gasteiger partial charge in [0.05, 0.1) is 6.61 Å². The van der Waals surface area contributed by atoms with Gasteiger partial charge in [-0.15, -0.1) is 0 Å². The van der Waals surface area contributed by atoms with E-state index in [0.29, 0.717) is 5.25 Å². The Balaban J connectivity index is 3.11. The maximum atomic E-state index is 11.0. The molecule has 1 N–H and O–H groups in total. The van der Waals surface area contributed by atoms with Crippen molar-refractivity contribution < 1.29 is 8.95 Å². The van der Waals surface area contributed by atoms with Crippen LogP contribution in [-0.2, 0) is 15.5 Å². The van der Waals surface area contributed by atoms with Gasteiger partial charge in [-0.05, 0) is 19.9 Å². The van der Waals surface area contributed by atoms with Gasteiger partial charge in [0.1, 0.15) is 0 Å². The van der Waals surface area contributed by atoms with E-state index in [0.717, 1.165) is 32.7 Å². The Bertz CT molecular complexity index is 142. The fourth-order valence-corrected chi connectivity index (χ4v) is 1.33. The lowest BCUT2D eigenvalue weighted by Crippen LogP contribution is -2.24. The summed E-state index contributed by atoms with van der Waals surface area (Å²) in [6, 6.07) is 0. The zero-order valence-electron chi connectivity index (χ0n) is 8.84. The lowest BCUT2D eigenvalue weighted by atomic mass is 10.3. The Kier molecular flexibility index (Phi) is 8.71. The molecule has 0 aliphatic carbocycles. The van der Waals surface area contributed by atoms with Crippen LogP contribution in [0.1, 0.15) is 20.3 Å². The van der Waals surface area contributed by atoms with Crippen LogP contribution in [0.3, 0.4) is 0 Å². The van der Waals surface area contributed by atoms with Gasteiger partial charge in [0.15, 0.2) is 0 Å². The monoisotopic (exact) mass is 207 g/mol. The maximum absolute atomic E-state index is 11.0. The summed E-state index contributed by atoms with van der Waals surface area (Å²) in [5.74, 6) is 0. The van der Waals surface area contributed by atoms with Crippen LogP contribution in [0, 0.1) is 0 Å². The lowest BCUT2D eigenvalue weighted by molar-refractivity contribution is 0.149. The Morgan fingerprint density at radius 2 is 2.15 bits per heavy atom. The van der Waals surface area contributed by atoms with E-state index in [2.05, 4.69) is 5.32 Å². The van der Waals surface area contributed by atoms with Crippen molar-refractivity contribution in [2.24, 2.45) is 0 Å². The van der Waals surface area contributed by atoms with Crippen molar-refractivity contribution in [2.45, 2.75) is 25.5 Å². The number of nitrogens with one attached hydrogen (secondary N) is 1. The van der Waals surface area contributed by atoms with E-state index in [1.54, 1.807) is 6.26 Å². The van der Waals surface area contributed by atoms with Crippen LogP contribution < -0.4 is 5.32 Å². The quantitative estimate of drug-likeness (QED) is 0.598. The molecule has 0 spiro atoms. The van der Waals surface area contributed by atoms with E-state index in [9.17, 15) is 4.21 Å². The van der Waals surface area contributed by atoms with Crippen molar-refractivity contribution in [3.05, 3.63) is 0 Å². The Labute approximate surface area is 83.7 Å². The second-order valence-corrected chi connectivity index (χ2v) is 4.85. The zero-order chi connectivity index (χ0) is 10.1. The van der Waals surface area contributed by atoms with Crippen LogP contribution in [0.15, 0.2) is 0 Å². The van der Waals surface area contributed by atoms with Crippen molar-refractivity contribution in [3.8, 4) is 0 Å². The molecule has 0 radical (unpaired) electrons. The Morgan fingerprint density at radius 1 is 1.46 bits per heavy atom. The van der Waals surface area contributed by atoms with Gasteiger partial charge in [0, 0.05) is 35.5 Å². The molecule has 2 unspecified atom stereocenters. The summed E-state index contributed by atoms with van der Waals surface area (Å²) in [5.41, 5.74) is 0. The van der Waals surface area contributed by atoms with Gasteiger partial charge >= 0.3 is 0 Å². The first-order chi connectivity index (χ1) is 6.18. The second-order valence-electron chi connectivity index (χ2n) is 3.04. The second kappa shape index (κ2) is 8.66. The SMILES string of the molecule is CCOCCNCCC(C)S(C)=O. The molecular formula is C9H21NO2S.